The molecule has 2 fully saturated rings. The molecule has 2 saturated carbocycles. The standard InChI is InChI=1S/C19H22FN3O/c20-16-6-4-14(5-7-16)12-22-11-10-21-18(22)13-23(17-8-9-17)19(24)15-2-1-3-15/h4-7,10-11,15,17H,1-3,8-9,12-13H2. The molecule has 2 aromatic rings. The number of halogens is 1. The van der Waals surface area contributed by atoms with Crippen LogP contribution >= 0.6 is 0 Å². The lowest BCUT2D eigenvalue weighted by Gasteiger charge is -2.31. The van der Waals surface area contributed by atoms with Crippen molar-refractivity contribution >= 4 is 5.91 Å². The Kier molecular flexibility index (Phi) is 4.08. The highest BCUT2D eigenvalue weighted by Crippen LogP contribution is 2.34. The summed E-state index contributed by atoms with van der Waals surface area (Å²) in [6.45, 7) is 1.22. The van der Waals surface area contributed by atoms with E-state index in [4.69, 9.17) is 0 Å². The van der Waals surface area contributed by atoms with Crippen LogP contribution in [-0.2, 0) is 17.9 Å². The number of carbonyl (C=O) groups is 1. The topological polar surface area (TPSA) is 38.1 Å². The molecule has 0 aliphatic heterocycles. The maximum atomic E-state index is 13.1. The molecule has 0 atom stereocenters. The Bertz CT molecular complexity index is 716. The average molecular weight is 327 g/mol. The molecule has 2 aliphatic carbocycles. The molecule has 0 N–H and O–H groups in total. The molecule has 0 spiro atoms. The number of aromatic nitrogens is 2. The van der Waals surface area contributed by atoms with Crippen molar-refractivity contribution in [3.05, 3.63) is 53.9 Å². The number of amides is 1. The minimum absolute atomic E-state index is 0.226. The third-order valence-corrected chi connectivity index (χ3v) is 5.10. The van der Waals surface area contributed by atoms with Crippen molar-refractivity contribution in [3.8, 4) is 0 Å². The number of hydrogen-bond acceptors (Lipinski definition) is 2. The number of imidazole rings is 1. The Labute approximate surface area is 141 Å². The van der Waals surface area contributed by atoms with Gasteiger partial charge in [-0.25, -0.2) is 9.37 Å². The van der Waals surface area contributed by atoms with Crippen LogP contribution in [0.5, 0.6) is 0 Å². The molecule has 5 heteroatoms. The van der Waals surface area contributed by atoms with Crippen LogP contribution in [0, 0.1) is 11.7 Å². The van der Waals surface area contributed by atoms with Crippen LogP contribution in [0.25, 0.3) is 0 Å². The van der Waals surface area contributed by atoms with Crippen LogP contribution in [0.1, 0.15) is 43.5 Å². The molecule has 24 heavy (non-hydrogen) atoms. The molecule has 4 nitrogen and oxygen atoms in total. The smallest absolute Gasteiger partial charge is 0.226 e. The van der Waals surface area contributed by atoms with E-state index in [1.807, 2.05) is 11.1 Å². The summed E-state index contributed by atoms with van der Waals surface area (Å²) in [6.07, 6.45) is 9.16. The molecule has 1 aromatic carbocycles. The first-order chi connectivity index (χ1) is 11.7. The van der Waals surface area contributed by atoms with Gasteiger partial charge in [-0.2, -0.15) is 0 Å². The summed E-state index contributed by atoms with van der Waals surface area (Å²) in [5.74, 6) is 1.21. The normalized spacial score (nSPS) is 17.5. The van der Waals surface area contributed by atoms with E-state index in [0.717, 1.165) is 37.1 Å². The van der Waals surface area contributed by atoms with Crippen molar-refractivity contribution in [1.82, 2.24) is 14.5 Å². The largest absolute Gasteiger partial charge is 0.332 e. The van der Waals surface area contributed by atoms with Gasteiger partial charge in [0.05, 0.1) is 6.54 Å². The van der Waals surface area contributed by atoms with E-state index in [-0.39, 0.29) is 11.7 Å². The van der Waals surface area contributed by atoms with Gasteiger partial charge in [0.15, 0.2) is 0 Å². The highest BCUT2D eigenvalue weighted by Gasteiger charge is 2.38. The summed E-state index contributed by atoms with van der Waals surface area (Å²) in [5.41, 5.74) is 1.03. The monoisotopic (exact) mass is 327 g/mol. The van der Waals surface area contributed by atoms with Gasteiger partial charge < -0.3 is 9.47 Å². The van der Waals surface area contributed by atoms with Gasteiger partial charge in [0.25, 0.3) is 0 Å². The van der Waals surface area contributed by atoms with E-state index in [1.165, 1.54) is 18.6 Å². The van der Waals surface area contributed by atoms with Crippen molar-refractivity contribution in [2.75, 3.05) is 0 Å². The zero-order valence-corrected chi connectivity index (χ0v) is 13.7. The second-order valence-corrected chi connectivity index (χ2v) is 6.92. The van der Waals surface area contributed by atoms with E-state index in [1.54, 1.807) is 18.3 Å². The molecule has 2 aliphatic rings. The van der Waals surface area contributed by atoms with E-state index in [2.05, 4.69) is 9.55 Å². The molecular formula is C19H22FN3O. The van der Waals surface area contributed by atoms with Gasteiger partial charge in [0.2, 0.25) is 5.91 Å². The summed E-state index contributed by atoms with van der Waals surface area (Å²) < 4.78 is 15.1. The maximum Gasteiger partial charge on any atom is 0.226 e. The zero-order valence-electron chi connectivity index (χ0n) is 13.7. The Morgan fingerprint density at radius 3 is 2.58 bits per heavy atom. The first-order valence-corrected chi connectivity index (χ1v) is 8.75. The molecular weight excluding hydrogens is 305 g/mol. The fraction of sp³-hybridized carbons (Fsp3) is 0.474. The van der Waals surface area contributed by atoms with Crippen LogP contribution in [0.2, 0.25) is 0 Å². The number of rotatable bonds is 6. The maximum absolute atomic E-state index is 13.1. The summed E-state index contributed by atoms with van der Waals surface area (Å²) >= 11 is 0. The summed E-state index contributed by atoms with van der Waals surface area (Å²) in [4.78, 5) is 19.2. The fourth-order valence-electron chi connectivity index (χ4n) is 3.24. The number of benzene rings is 1. The summed E-state index contributed by atoms with van der Waals surface area (Å²) in [6, 6.07) is 6.92. The first kappa shape index (κ1) is 15.4. The molecule has 1 amide bonds. The van der Waals surface area contributed by atoms with Crippen LogP contribution in [0.4, 0.5) is 4.39 Å². The predicted molar refractivity (Wildman–Crippen MR) is 88.6 cm³/mol. The van der Waals surface area contributed by atoms with Crippen molar-refractivity contribution in [3.63, 3.8) is 0 Å². The average Bonchev–Trinajstić information content (AvgIpc) is 3.27. The predicted octanol–water partition coefficient (Wildman–Crippen LogP) is 3.36. The van der Waals surface area contributed by atoms with E-state index >= 15 is 0 Å². The molecule has 0 bridgehead atoms. The zero-order chi connectivity index (χ0) is 16.5. The SMILES string of the molecule is O=C(C1CCC1)N(Cc1nccn1Cc1ccc(F)cc1)C1CC1. The molecule has 126 valence electrons. The van der Waals surface area contributed by atoms with Gasteiger partial charge in [0.1, 0.15) is 11.6 Å². The summed E-state index contributed by atoms with van der Waals surface area (Å²) in [5, 5.41) is 0. The van der Waals surface area contributed by atoms with Gasteiger partial charge in [-0.05, 0) is 43.4 Å². The minimum Gasteiger partial charge on any atom is -0.332 e. The lowest BCUT2D eigenvalue weighted by molar-refractivity contribution is -0.139. The van der Waals surface area contributed by atoms with Crippen molar-refractivity contribution in [2.24, 2.45) is 5.92 Å². The van der Waals surface area contributed by atoms with Gasteiger partial charge in [-0.3, -0.25) is 4.79 Å². The van der Waals surface area contributed by atoms with Crippen LogP contribution in [-0.4, -0.2) is 26.4 Å². The fourth-order valence-corrected chi connectivity index (χ4v) is 3.24. The lowest BCUT2D eigenvalue weighted by Crippen LogP contribution is -2.40. The first-order valence-electron chi connectivity index (χ1n) is 8.75. The molecule has 0 saturated heterocycles. The molecule has 0 unspecified atom stereocenters. The van der Waals surface area contributed by atoms with Crippen LogP contribution in [0.3, 0.4) is 0 Å². The Morgan fingerprint density at radius 2 is 1.96 bits per heavy atom. The third kappa shape index (κ3) is 3.21. The molecule has 1 aromatic heterocycles. The Morgan fingerprint density at radius 1 is 1.21 bits per heavy atom. The van der Waals surface area contributed by atoms with Crippen LogP contribution in [0.15, 0.2) is 36.7 Å². The molecule has 4 rings (SSSR count). The second-order valence-electron chi connectivity index (χ2n) is 6.92. The van der Waals surface area contributed by atoms with Crippen molar-refractivity contribution < 1.29 is 9.18 Å². The van der Waals surface area contributed by atoms with E-state index in [9.17, 15) is 9.18 Å². The van der Waals surface area contributed by atoms with Crippen LogP contribution < -0.4 is 0 Å². The molecule has 0 radical (unpaired) electrons. The Hall–Kier alpha value is -2.17. The second kappa shape index (κ2) is 6.38. The van der Waals surface area contributed by atoms with Gasteiger partial charge in [-0.15, -0.1) is 0 Å². The number of nitrogens with zero attached hydrogens (tertiary/aromatic N) is 3. The summed E-state index contributed by atoms with van der Waals surface area (Å²) in [7, 11) is 0. The highest BCUT2D eigenvalue weighted by molar-refractivity contribution is 5.80. The van der Waals surface area contributed by atoms with Gasteiger partial charge in [0, 0.05) is 30.9 Å². The third-order valence-electron chi connectivity index (χ3n) is 5.10. The van der Waals surface area contributed by atoms with E-state index in [0.29, 0.717) is 25.0 Å². The number of hydrogen-bond donors (Lipinski definition) is 0. The van der Waals surface area contributed by atoms with Gasteiger partial charge in [-0.1, -0.05) is 18.6 Å². The van der Waals surface area contributed by atoms with Crippen molar-refractivity contribution in [1.29, 1.82) is 0 Å². The Balaban J connectivity index is 1.48. The lowest BCUT2D eigenvalue weighted by atomic mass is 9.84. The minimum atomic E-state index is -0.226. The van der Waals surface area contributed by atoms with Crippen molar-refractivity contribution in [2.45, 2.75) is 51.2 Å². The molecule has 1 heterocycles. The van der Waals surface area contributed by atoms with E-state index < -0.39 is 0 Å². The van der Waals surface area contributed by atoms with Gasteiger partial charge >= 0.3 is 0 Å². The highest BCUT2D eigenvalue weighted by atomic mass is 19.1. The quantitative estimate of drug-likeness (QED) is 0.816. The number of carbonyl (C=O) groups excluding carboxylic acids is 1.